The molecule has 13 heavy (non-hydrogen) atoms. The van der Waals surface area contributed by atoms with Gasteiger partial charge in [-0.2, -0.15) is 0 Å². The normalized spacial score (nSPS) is 35.2. The molecular weight excluding hydrogens is 162 g/mol. The molecule has 0 radical (unpaired) electrons. The van der Waals surface area contributed by atoms with Gasteiger partial charge in [0.25, 0.3) is 0 Å². The van der Waals surface area contributed by atoms with Crippen LogP contribution in [0.25, 0.3) is 0 Å². The van der Waals surface area contributed by atoms with E-state index in [-0.39, 0.29) is 5.91 Å². The van der Waals surface area contributed by atoms with Crippen molar-refractivity contribution in [3.05, 3.63) is 0 Å². The van der Waals surface area contributed by atoms with Crippen molar-refractivity contribution in [2.24, 2.45) is 11.8 Å². The van der Waals surface area contributed by atoms with E-state index in [9.17, 15) is 4.79 Å². The van der Waals surface area contributed by atoms with Crippen molar-refractivity contribution >= 4 is 5.91 Å². The fourth-order valence-corrected chi connectivity index (χ4v) is 2.28. The standard InChI is InChI=1S/C11H21NO/c1-8-4-5-9(2)7-11(6-8)12-10(3)13/h8-9,11H,4-7H2,1-3H3,(H,12,13). The van der Waals surface area contributed by atoms with Gasteiger partial charge < -0.3 is 5.32 Å². The number of carbonyl (C=O) groups is 1. The maximum absolute atomic E-state index is 10.9. The summed E-state index contributed by atoms with van der Waals surface area (Å²) < 4.78 is 0. The van der Waals surface area contributed by atoms with Gasteiger partial charge in [-0.15, -0.1) is 0 Å². The molecule has 1 fully saturated rings. The van der Waals surface area contributed by atoms with Crippen molar-refractivity contribution in [3.8, 4) is 0 Å². The minimum atomic E-state index is 0.117. The summed E-state index contributed by atoms with van der Waals surface area (Å²) in [5.74, 6) is 1.65. The Morgan fingerprint density at radius 1 is 1.15 bits per heavy atom. The second-order valence-electron chi connectivity index (χ2n) is 4.66. The van der Waals surface area contributed by atoms with Crippen LogP contribution in [0, 0.1) is 11.8 Å². The largest absolute Gasteiger partial charge is 0.354 e. The molecule has 0 saturated heterocycles. The first kappa shape index (κ1) is 10.6. The van der Waals surface area contributed by atoms with Crippen molar-refractivity contribution in [2.75, 3.05) is 0 Å². The zero-order valence-electron chi connectivity index (χ0n) is 8.97. The van der Waals surface area contributed by atoms with Crippen LogP contribution in [-0.4, -0.2) is 11.9 Å². The number of hydrogen-bond donors (Lipinski definition) is 1. The smallest absolute Gasteiger partial charge is 0.217 e. The fourth-order valence-electron chi connectivity index (χ4n) is 2.28. The molecule has 0 spiro atoms. The summed E-state index contributed by atoms with van der Waals surface area (Å²) in [5.41, 5.74) is 0. The van der Waals surface area contributed by atoms with Gasteiger partial charge in [0.1, 0.15) is 0 Å². The van der Waals surface area contributed by atoms with Crippen LogP contribution in [0.15, 0.2) is 0 Å². The Morgan fingerprint density at radius 3 is 2.00 bits per heavy atom. The minimum absolute atomic E-state index is 0.117. The second kappa shape index (κ2) is 4.64. The van der Waals surface area contributed by atoms with Crippen molar-refractivity contribution < 1.29 is 4.79 Å². The van der Waals surface area contributed by atoms with E-state index in [1.54, 1.807) is 6.92 Å². The summed E-state index contributed by atoms with van der Waals surface area (Å²) >= 11 is 0. The summed E-state index contributed by atoms with van der Waals surface area (Å²) in [4.78, 5) is 10.9. The van der Waals surface area contributed by atoms with E-state index >= 15 is 0 Å². The van der Waals surface area contributed by atoms with E-state index in [1.807, 2.05) is 0 Å². The molecule has 2 nitrogen and oxygen atoms in total. The Morgan fingerprint density at radius 2 is 1.62 bits per heavy atom. The molecule has 0 bridgehead atoms. The van der Waals surface area contributed by atoms with Crippen LogP contribution < -0.4 is 5.32 Å². The Bertz CT molecular complexity index is 167. The maximum atomic E-state index is 10.9. The average Bonchev–Trinajstić information content (AvgIpc) is 2.11. The molecule has 0 heterocycles. The molecule has 0 aromatic heterocycles. The van der Waals surface area contributed by atoms with E-state index in [1.165, 1.54) is 12.8 Å². The molecule has 76 valence electrons. The van der Waals surface area contributed by atoms with E-state index in [0.717, 1.165) is 24.7 Å². The van der Waals surface area contributed by atoms with E-state index in [0.29, 0.717) is 6.04 Å². The lowest BCUT2D eigenvalue weighted by Gasteiger charge is -2.19. The topological polar surface area (TPSA) is 29.1 Å². The highest BCUT2D eigenvalue weighted by Crippen LogP contribution is 2.26. The van der Waals surface area contributed by atoms with Crippen LogP contribution in [0.4, 0.5) is 0 Å². The SMILES string of the molecule is CC(=O)NC1CC(C)CCC(C)C1. The molecule has 1 aliphatic carbocycles. The van der Waals surface area contributed by atoms with Crippen molar-refractivity contribution in [1.29, 1.82) is 0 Å². The van der Waals surface area contributed by atoms with Gasteiger partial charge in [-0.25, -0.2) is 0 Å². The summed E-state index contributed by atoms with van der Waals surface area (Å²) in [6.45, 7) is 6.18. The second-order valence-corrected chi connectivity index (χ2v) is 4.66. The third-order valence-corrected chi connectivity index (χ3v) is 2.93. The zero-order valence-corrected chi connectivity index (χ0v) is 8.97. The molecule has 1 N–H and O–H groups in total. The molecule has 1 aliphatic rings. The highest BCUT2D eigenvalue weighted by molar-refractivity contribution is 5.73. The third kappa shape index (κ3) is 3.79. The Hall–Kier alpha value is -0.530. The van der Waals surface area contributed by atoms with Crippen molar-refractivity contribution in [2.45, 2.75) is 52.5 Å². The van der Waals surface area contributed by atoms with Crippen LogP contribution >= 0.6 is 0 Å². The molecule has 2 unspecified atom stereocenters. The lowest BCUT2D eigenvalue weighted by molar-refractivity contribution is -0.119. The molecular formula is C11H21NO. The van der Waals surface area contributed by atoms with Crippen LogP contribution in [0.2, 0.25) is 0 Å². The van der Waals surface area contributed by atoms with Crippen LogP contribution in [0.1, 0.15) is 46.5 Å². The van der Waals surface area contributed by atoms with Gasteiger partial charge in [0.2, 0.25) is 5.91 Å². The zero-order chi connectivity index (χ0) is 9.84. The van der Waals surface area contributed by atoms with E-state index < -0.39 is 0 Å². The van der Waals surface area contributed by atoms with Gasteiger partial charge in [-0.1, -0.05) is 26.7 Å². The first-order valence-electron chi connectivity index (χ1n) is 5.35. The molecule has 0 aromatic carbocycles. The van der Waals surface area contributed by atoms with Gasteiger partial charge in [-0.05, 0) is 24.7 Å². The van der Waals surface area contributed by atoms with Crippen molar-refractivity contribution in [1.82, 2.24) is 5.32 Å². The molecule has 2 atom stereocenters. The highest BCUT2D eigenvalue weighted by Gasteiger charge is 2.21. The quantitative estimate of drug-likeness (QED) is 0.621. The van der Waals surface area contributed by atoms with Crippen LogP contribution in [-0.2, 0) is 4.79 Å². The monoisotopic (exact) mass is 183 g/mol. The lowest BCUT2D eigenvalue weighted by atomic mass is 10.00. The van der Waals surface area contributed by atoms with E-state index in [2.05, 4.69) is 19.2 Å². The molecule has 0 aliphatic heterocycles. The first-order chi connectivity index (χ1) is 6.08. The van der Waals surface area contributed by atoms with Gasteiger partial charge in [0.15, 0.2) is 0 Å². The van der Waals surface area contributed by atoms with Crippen LogP contribution in [0.3, 0.4) is 0 Å². The van der Waals surface area contributed by atoms with Gasteiger partial charge in [0, 0.05) is 13.0 Å². The van der Waals surface area contributed by atoms with Crippen molar-refractivity contribution in [3.63, 3.8) is 0 Å². The predicted octanol–water partition coefficient (Wildman–Crippen LogP) is 2.34. The number of hydrogen-bond acceptors (Lipinski definition) is 1. The Kier molecular flexibility index (Phi) is 3.76. The molecule has 1 rings (SSSR count). The first-order valence-corrected chi connectivity index (χ1v) is 5.35. The van der Waals surface area contributed by atoms with E-state index in [4.69, 9.17) is 0 Å². The van der Waals surface area contributed by atoms with Gasteiger partial charge in [0.05, 0.1) is 0 Å². The van der Waals surface area contributed by atoms with Crippen LogP contribution in [0.5, 0.6) is 0 Å². The Balaban J connectivity index is 2.46. The summed E-state index contributed by atoms with van der Waals surface area (Å²) in [5, 5.41) is 3.04. The number of carbonyl (C=O) groups excluding carboxylic acids is 1. The lowest BCUT2D eigenvalue weighted by Crippen LogP contribution is -2.34. The third-order valence-electron chi connectivity index (χ3n) is 2.93. The summed E-state index contributed by atoms with van der Waals surface area (Å²) in [6.07, 6.45) is 4.95. The number of amides is 1. The molecule has 0 aromatic rings. The van der Waals surface area contributed by atoms with Gasteiger partial charge >= 0.3 is 0 Å². The fraction of sp³-hybridized carbons (Fsp3) is 0.909. The summed E-state index contributed by atoms with van der Waals surface area (Å²) in [7, 11) is 0. The predicted molar refractivity (Wildman–Crippen MR) is 54.4 cm³/mol. The molecule has 1 saturated carbocycles. The maximum Gasteiger partial charge on any atom is 0.217 e. The average molecular weight is 183 g/mol. The molecule has 2 heteroatoms. The Labute approximate surface area is 81.1 Å². The number of nitrogens with one attached hydrogen (secondary N) is 1. The number of rotatable bonds is 1. The minimum Gasteiger partial charge on any atom is -0.354 e. The molecule has 1 amide bonds. The van der Waals surface area contributed by atoms with Gasteiger partial charge in [-0.3, -0.25) is 4.79 Å². The highest BCUT2D eigenvalue weighted by atomic mass is 16.1. The summed E-state index contributed by atoms with van der Waals surface area (Å²) in [6, 6.07) is 0.421.